The maximum Gasteiger partial charge on any atom is 0.279 e. The molecule has 0 saturated heterocycles. The topological polar surface area (TPSA) is 76.7 Å². The third-order valence-electron chi connectivity index (χ3n) is 4.47. The number of carbonyl (C=O) groups excluding carboxylic acids is 2. The predicted octanol–water partition coefficient (Wildman–Crippen LogP) is 3.26. The molecule has 0 bridgehead atoms. The van der Waals surface area contributed by atoms with E-state index in [-0.39, 0.29) is 12.5 Å². The minimum Gasteiger partial charge on any atom is -0.497 e. The fourth-order valence-corrected chi connectivity index (χ4v) is 4.15. The van der Waals surface area contributed by atoms with Crippen molar-refractivity contribution >= 4 is 23.2 Å². The highest BCUT2D eigenvalue weighted by atomic mass is 32.1. The summed E-state index contributed by atoms with van der Waals surface area (Å²) in [4.78, 5) is 26.1. The molecule has 2 N–H and O–H groups in total. The van der Waals surface area contributed by atoms with Crippen LogP contribution < -0.4 is 20.3 Å². The number of nitrogens with one attached hydrogen (secondary N) is 2. The first-order chi connectivity index (χ1) is 13.2. The van der Waals surface area contributed by atoms with Gasteiger partial charge >= 0.3 is 0 Å². The molecule has 2 amide bonds. The fourth-order valence-electron chi connectivity index (χ4n) is 3.00. The van der Waals surface area contributed by atoms with Gasteiger partial charge in [0.2, 0.25) is 0 Å². The van der Waals surface area contributed by atoms with Crippen LogP contribution in [-0.4, -0.2) is 25.5 Å². The van der Waals surface area contributed by atoms with E-state index in [1.54, 1.807) is 31.4 Å². The van der Waals surface area contributed by atoms with Crippen LogP contribution in [0.1, 0.15) is 45.8 Å². The average Bonchev–Trinajstić information content (AvgIpc) is 3.07. The molecule has 0 unspecified atom stereocenters. The number of thiophene rings is 1. The van der Waals surface area contributed by atoms with Crippen molar-refractivity contribution in [2.75, 3.05) is 13.7 Å². The number of hydrazine groups is 1. The summed E-state index contributed by atoms with van der Waals surface area (Å²) in [7, 11) is 1.58. The summed E-state index contributed by atoms with van der Waals surface area (Å²) in [6, 6.07) is 8.88. The molecule has 1 aromatic heterocycles. The lowest BCUT2D eigenvalue weighted by atomic mass is 10.00. The Morgan fingerprint density at radius 3 is 2.44 bits per heavy atom. The number of hydrogen-bond donors (Lipinski definition) is 2. The van der Waals surface area contributed by atoms with Gasteiger partial charge in [-0.15, -0.1) is 11.3 Å². The fraction of sp³-hybridized carbons (Fsp3) is 0.400. The molecule has 7 heteroatoms. The van der Waals surface area contributed by atoms with E-state index >= 15 is 0 Å². The van der Waals surface area contributed by atoms with Crippen molar-refractivity contribution in [3.05, 3.63) is 45.6 Å². The van der Waals surface area contributed by atoms with Gasteiger partial charge < -0.3 is 9.47 Å². The summed E-state index contributed by atoms with van der Waals surface area (Å²) in [5.41, 5.74) is 6.14. The first kappa shape index (κ1) is 19.2. The number of methoxy groups -OCH3 is 1. The van der Waals surface area contributed by atoms with Gasteiger partial charge in [0.25, 0.3) is 11.8 Å². The lowest BCUT2D eigenvalue weighted by molar-refractivity contribution is -0.123. The van der Waals surface area contributed by atoms with Crippen molar-refractivity contribution in [1.82, 2.24) is 10.9 Å². The quantitative estimate of drug-likeness (QED) is 0.771. The normalized spacial score (nSPS) is 13.7. The van der Waals surface area contributed by atoms with Gasteiger partial charge in [0.15, 0.2) is 6.61 Å². The molecule has 0 radical (unpaired) electrons. The van der Waals surface area contributed by atoms with Gasteiger partial charge in [0, 0.05) is 4.88 Å². The number of carbonyl (C=O) groups is 2. The zero-order valence-corrected chi connectivity index (χ0v) is 16.2. The zero-order valence-electron chi connectivity index (χ0n) is 15.4. The highest BCUT2D eigenvalue weighted by molar-refractivity contribution is 7.14. The van der Waals surface area contributed by atoms with Gasteiger partial charge in [-0.1, -0.05) is 12.8 Å². The molecule has 0 aliphatic heterocycles. The van der Waals surface area contributed by atoms with Crippen LogP contribution in [0.25, 0.3) is 0 Å². The third-order valence-corrected chi connectivity index (χ3v) is 5.70. The van der Waals surface area contributed by atoms with Crippen LogP contribution in [0.2, 0.25) is 0 Å². The zero-order chi connectivity index (χ0) is 19.1. The van der Waals surface area contributed by atoms with Crippen molar-refractivity contribution in [3.63, 3.8) is 0 Å². The van der Waals surface area contributed by atoms with E-state index in [0.29, 0.717) is 16.4 Å². The Hall–Kier alpha value is -2.54. The first-order valence-electron chi connectivity index (χ1n) is 9.13. The van der Waals surface area contributed by atoms with Gasteiger partial charge in [-0.2, -0.15) is 0 Å². The van der Waals surface area contributed by atoms with E-state index in [9.17, 15) is 9.59 Å². The van der Waals surface area contributed by atoms with Crippen molar-refractivity contribution in [1.29, 1.82) is 0 Å². The number of benzene rings is 1. The summed E-state index contributed by atoms with van der Waals surface area (Å²) < 4.78 is 10.4. The van der Waals surface area contributed by atoms with Crippen molar-refractivity contribution in [3.8, 4) is 11.5 Å². The number of rotatable bonds is 5. The number of hydrogen-bond acceptors (Lipinski definition) is 5. The minimum absolute atomic E-state index is 0.187. The Kier molecular flexibility index (Phi) is 6.70. The maximum absolute atomic E-state index is 12.3. The number of ether oxygens (including phenoxy) is 2. The summed E-state index contributed by atoms with van der Waals surface area (Å²) in [6.07, 6.45) is 6.92. The van der Waals surface area contributed by atoms with Crippen molar-refractivity contribution in [2.45, 2.75) is 38.5 Å². The van der Waals surface area contributed by atoms with Gasteiger partial charge in [-0.3, -0.25) is 20.4 Å². The van der Waals surface area contributed by atoms with E-state index in [0.717, 1.165) is 12.8 Å². The van der Waals surface area contributed by atoms with Crippen LogP contribution in [0.5, 0.6) is 11.5 Å². The Morgan fingerprint density at radius 1 is 1.00 bits per heavy atom. The lowest BCUT2D eigenvalue weighted by Gasteiger charge is -2.08. The molecule has 27 heavy (non-hydrogen) atoms. The second-order valence-corrected chi connectivity index (χ2v) is 7.58. The Morgan fingerprint density at radius 2 is 1.70 bits per heavy atom. The van der Waals surface area contributed by atoms with Gasteiger partial charge in [-0.05, 0) is 61.6 Å². The molecule has 2 aromatic rings. The molecule has 0 atom stereocenters. The molecule has 6 nitrogen and oxygen atoms in total. The minimum atomic E-state index is -0.422. The molecular formula is C20H24N2O4S. The van der Waals surface area contributed by atoms with Crippen LogP contribution in [-0.2, 0) is 17.6 Å². The highest BCUT2D eigenvalue weighted by Gasteiger charge is 2.16. The number of amides is 2. The maximum atomic E-state index is 12.3. The van der Waals surface area contributed by atoms with Gasteiger partial charge in [0.1, 0.15) is 11.5 Å². The highest BCUT2D eigenvalue weighted by Crippen LogP contribution is 2.28. The lowest BCUT2D eigenvalue weighted by Crippen LogP contribution is -2.43. The molecular weight excluding hydrogens is 364 g/mol. The number of fused-ring (bicyclic) bond motifs is 1. The molecule has 1 aliphatic rings. The molecule has 3 rings (SSSR count). The molecule has 0 spiro atoms. The van der Waals surface area contributed by atoms with Crippen LogP contribution in [0.4, 0.5) is 0 Å². The molecule has 1 aromatic carbocycles. The van der Waals surface area contributed by atoms with Crippen molar-refractivity contribution < 1.29 is 19.1 Å². The third kappa shape index (κ3) is 5.47. The summed E-state index contributed by atoms with van der Waals surface area (Å²) in [5, 5.41) is 0. The largest absolute Gasteiger partial charge is 0.497 e. The number of aryl methyl sites for hydroxylation is 2. The molecule has 1 aliphatic carbocycles. The van der Waals surface area contributed by atoms with Crippen LogP contribution in [0.15, 0.2) is 30.3 Å². The monoisotopic (exact) mass is 388 g/mol. The van der Waals surface area contributed by atoms with E-state index in [1.165, 1.54) is 47.5 Å². The van der Waals surface area contributed by atoms with E-state index in [1.807, 2.05) is 6.07 Å². The standard InChI is InChI=1S/C20H24N2O4S/c1-25-15-8-10-16(11-9-15)26-13-19(23)21-22-20(24)18-12-14-6-4-2-3-5-7-17(14)27-18/h8-12H,2-7,13H2,1H3,(H,21,23)(H,22,24). The van der Waals surface area contributed by atoms with E-state index in [2.05, 4.69) is 10.9 Å². The van der Waals surface area contributed by atoms with Crippen molar-refractivity contribution in [2.24, 2.45) is 0 Å². The second-order valence-electron chi connectivity index (χ2n) is 6.44. The Balaban J connectivity index is 1.46. The molecule has 1 heterocycles. The smallest absolute Gasteiger partial charge is 0.279 e. The summed E-state index contributed by atoms with van der Waals surface area (Å²) >= 11 is 1.52. The van der Waals surface area contributed by atoms with E-state index < -0.39 is 5.91 Å². The second kappa shape index (κ2) is 9.41. The molecule has 144 valence electrons. The van der Waals surface area contributed by atoms with Crippen LogP contribution in [0.3, 0.4) is 0 Å². The van der Waals surface area contributed by atoms with Gasteiger partial charge in [0.05, 0.1) is 12.0 Å². The Labute approximate surface area is 162 Å². The molecule has 0 fully saturated rings. The van der Waals surface area contributed by atoms with Crippen LogP contribution in [0, 0.1) is 0 Å². The summed E-state index contributed by atoms with van der Waals surface area (Å²) in [5.74, 6) is 0.554. The Bertz CT molecular complexity index is 760. The SMILES string of the molecule is COc1ccc(OCC(=O)NNC(=O)c2cc3c(s2)CCCCCC3)cc1. The van der Waals surface area contributed by atoms with E-state index in [4.69, 9.17) is 9.47 Å². The van der Waals surface area contributed by atoms with Gasteiger partial charge in [-0.25, -0.2) is 0 Å². The first-order valence-corrected chi connectivity index (χ1v) is 9.95. The molecule has 0 saturated carbocycles. The predicted molar refractivity (Wildman–Crippen MR) is 104 cm³/mol. The summed E-state index contributed by atoms with van der Waals surface area (Å²) in [6.45, 7) is -0.187. The average molecular weight is 388 g/mol. The van der Waals surface area contributed by atoms with Crippen LogP contribution >= 0.6 is 11.3 Å².